The van der Waals surface area contributed by atoms with E-state index in [1.807, 2.05) is 0 Å². The van der Waals surface area contributed by atoms with E-state index in [4.69, 9.17) is 39.5 Å². The normalized spacial score (nSPS) is 11.3. The molecule has 4 nitrogen and oxygen atoms in total. The summed E-state index contributed by atoms with van der Waals surface area (Å²) in [5.41, 5.74) is 3.34. The van der Waals surface area contributed by atoms with E-state index in [0.29, 0.717) is 22.0 Å². The first-order valence-corrected chi connectivity index (χ1v) is 7.87. The van der Waals surface area contributed by atoms with Gasteiger partial charge in [-0.2, -0.15) is 5.10 Å². The van der Waals surface area contributed by atoms with Crippen molar-refractivity contribution in [1.82, 2.24) is 5.43 Å². The monoisotopic (exact) mass is 388 g/mol. The average Bonchev–Trinajstić information content (AvgIpc) is 2.57. The molecule has 0 aliphatic carbocycles. The molecule has 0 bridgehead atoms. The highest BCUT2D eigenvalue weighted by Gasteiger charge is 2.11. The zero-order chi connectivity index (χ0) is 17.7. The van der Waals surface area contributed by atoms with E-state index in [0.717, 1.165) is 0 Å². The second kappa shape index (κ2) is 8.33. The number of rotatable bonds is 5. The van der Waals surface area contributed by atoms with Gasteiger partial charge in [-0.1, -0.05) is 40.9 Å². The van der Waals surface area contributed by atoms with Crippen LogP contribution in [0.25, 0.3) is 0 Å². The molecule has 0 radical (unpaired) electrons. The van der Waals surface area contributed by atoms with Crippen molar-refractivity contribution in [3.05, 3.63) is 62.8 Å². The zero-order valence-corrected chi connectivity index (χ0v) is 14.7. The van der Waals surface area contributed by atoms with E-state index in [-0.39, 0.29) is 22.5 Å². The quantitative estimate of drug-likeness (QED) is 0.457. The van der Waals surface area contributed by atoms with Crippen LogP contribution in [0.5, 0.6) is 5.75 Å². The number of amides is 1. The fourth-order valence-corrected chi connectivity index (χ4v) is 2.40. The molecule has 24 heavy (non-hydrogen) atoms. The average molecular weight is 390 g/mol. The van der Waals surface area contributed by atoms with Gasteiger partial charge in [0.25, 0.3) is 5.91 Å². The van der Waals surface area contributed by atoms with Crippen molar-refractivity contribution in [3.8, 4) is 5.75 Å². The summed E-state index contributed by atoms with van der Waals surface area (Å²) in [6, 6.07) is 8.56. The Hall–Kier alpha value is -1.82. The summed E-state index contributed by atoms with van der Waals surface area (Å²) >= 11 is 17.9. The largest absolute Gasteiger partial charge is 0.484 e. The Balaban J connectivity index is 1.95. The smallest absolute Gasteiger partial charge is 0.277 e. The summed E-state index contributed by atoms with van der Waals surface area (Å²) < 4.78 is 18.0. The number of hydrogen-bond acceptors (Lipinski definition) is 3. The molecule has 0 heterocycles. The van der Waals surface area contributed by atoms with Crippen molar-refractivity contribution in [2.75, 3.05) is 6.61 Å². The Morgan fingerprint density at radius 1 is 1.12 bits per heavy atom. The lowest BCUT2D eigenvalue weighted by Gasteiger charge is -2.08. The second-order valence-corrected chi connectivity index (χ2v) is 5.86. The third-order valence-electron chi connectivity index (χ3n) is 2.96. The molecule has 0 aliphatic heterocycles. The molecule has 0 aromatic heterocycles. The Bertz CT molecular complexity index is 780. The van der Waals surface area contributed by atoms with Crippen LogP contribution in [0.1, 0.15) is 12.5 Å². The highest BCUT2D eigenvalue weighted by Crippen LogP contribution is 2.32. The number of carbonyl (C=O) groups is 1. The van der Waals surface area contributed by atoms with Crippen LogP contribution in [0, 0.1) is 5.82 Å². The van der Waals surface area contributed by atoms with Gasteiger partial charge < -0.3 is 4.74 Å². The van der Waals surface area contributed by atoms with Crippen molar-refractivity contribution in [2.45, 2.75) is 6.92 Å². The first-order chi connectivity index (χ1) is 11.4. The molecule has 0 saturated heterocycles. The minimum absolute atomic E-state index is 0.219. The second-order valence-electron chi connectivity index (χ2n) is 4.70. The lowest BCUT2D eigenvalue weighted by Crippen LogP contribution is -2.25. The van der Waals surface area contributed by atoms with Gasteiger partial charge in [-0.15, -0.1) is 0 Å². The van der Waals surface area contributed by atoms with E-state index in [9.17, 15) is 9.18 Å². The van der Waals surface area contributed by atoms with Gasteiger partial charge in [-0.3, -0.25) is 4.79 Å². The van der Waals surface area contributed by atoms with Crippen LogP contribution >= 0.6 is 34.8 Å². The predicted octanol–water partition coefficient (Wildman–Crippen LogP) is 4.71. The highest BCUT2D eigenvalue weighted by atomic mass is 35.5. The molecule has 1 N–H and O–H groups in total. The highest BCUT2D eigenvalue weighted by molar-refractivity contribution is 6.49. The van der Waals surface area contributed by atoms with Crippen molar-refractivity contribution in [1.29, 1.82) is 0 Å². The van der Waals surface area contributed by atoms with Crippen LogP contribution in [-0.2, 0) is 4.79 Å². The maximum absolute atomic E-state index is 12.8. The van der Waals surface area contributed by atoms with Gasteiger partial charge >= 0.3 is 0 Å². The summed E-state index contributed by atoms with van der Waals surface area (Å²) in [5.74, 6) is -0.486. The first kappa shape index (κ1) is 18.5. The molecule has 2 aromatic rings. The molecule has 0 fully saturated rings. The minimum Gasteiger partial charge on any atom is -0.484 e. The Kier molecular flexibility index (Phi) is 6.43. The predicted molar refractivity (Wildman–Crippen MR) is 93.7 cm³/mol. The summed E-state index contributed by atoms with van der Waals surface area (Å²) in [6.45, 7) is 1.39. The third kappa shape index (κ3) is 4.84. The Labute approximate surface area is 153 Å². The lowest BCUT2D eigenvalue weighted by atomic mass is 10.1. The van der Waals surface area contributed by atoms with Crippen LogP contribution in [0.3, 0.4) is 0 Å². The number of nitrogens with one attached hydrogen (secondary N) is 1. The number of benzene rings is 2. The van der Waals surface area contributed by atoms with E-state index in [2.05, 4.69) is 10.5 Å². The van der Waals surface area contributed by atoms with Crippen LogP contribution in [0.2, 0.25) is 15.1 Å². The van der Waals surface area contributed by atoms with Crippen molar-refractivity contribution in [2.24, 2.45) is 5.10 Å². The standard InChI is InChI=1S/C16H12Cl3FN2O2/c1-9(12-6-7-13(17)16(19)15(12)18)21-22-14(23)8-24-11-4-2-10(20)3-5-11/h2-7H,8H2,1H3,(H,22,23)/b21-9-. The van der Waals surface area contributed by atoms with E-state index in [1.54, 1.807) is 19.1 Å². The molecule has 0 aliphatic rings. The Morgan fingerprint density at radius 3 is 2.46 bits per heavy atom. The zero-order valence-electron chi connectivity index (χ0n) is 12.4. The van der Waals surface area contributed by atoms with Crippen molar-refractivity contribution >= 4 is 46.4 Å². The van der Waals surface area contributed by atoms with Crippen LogP contribution in [-0.4, -0.2) is 18.2 Å². The molecular formula is C16H12Cl3FN2O2. The van der Waals surface area contributed by atoms with Crippen LogP contribution in [0.4, 0.5) is 4.39 Å². The fourth-order valence-electron chi connectivity index (χ4n) is 1.72. The molecule has 2 rings (SSSR count). The van der Waals surface area contributed by atoms with Crippen molar-refractivity contribution < 1.29 is 13.9 Å². The molecule has 0 saturated carbocycles. The van der Waals surface area contributed by atoms with Gasteiger partial charge in [0, 0.05) is 5.56 Å². The van der Waals surface area contributed by atoms with E-state index < -0.39 is 5.91 Å². The molecule has 1 amide bonds. The molecule has 0 atom stereocenters. The lowest BCUT2D eigenvalue weighted by molar-refractivity contribution is -0.123. The van der Waals surface area contributed by atoms with Crippen molar-refractivity contribution in [3.63, 3.8) is 0 Å². The Morgan fingerprint density at radius 2 is 1.79 bits per heavy atom. The van der Waals surface area contributed by atoms with E-state index >= 15 is 0 Å². The summed E-state index contributed by atoms with van der Waals surface area (Å²) in [6.07, 6.45) is 0. The minimum atomic E-state index is -0.477. The first-order valence-electron chi connectivity index (χ1n) is 6.74. The summed E-state index contributed by atoms with van der Waals surface area (Å²) in [5, 5.41) is 4.74. The maximum Gasteiger partial charge on any atom is 0.277 e. The number of ether oxygens (including phenoxy) is 1. The third-order valence-corrected chi connectivity index (χ3v) is 4.25. The van der Waals surface area contributed by atoms with Gasteiger partial charge in [0.05, 0.1) is 20.8 Å². The number of hydrazone groups is 1. The summed E-state index contributed by atoms with van der Waals surface area (Å²) in [4.78, 5) is 11.7. The topological polar surface area (TPSA) is 50.7 Å². The van der Waals surface area contributed by atoms with E-state index in [1.165, 1.54) is 24.3 Å². The maximum atomic E-state index is 12.8. The number of halogens is 4. The van der Waals surface area contributed by atoms with Gasteiger partial charge in [0.15, 0.2) is 6.61 Å². The van der Waals surface area contributed by atoms with Crippen LogP contribution < -0.4 is 10.2 Å². The molecule has 2 aromatic carbocycles. The molecular weight excluding hydrogens is 378 g/mol. The SMILES string of the molecule is C/C(=N/NC(=O)COc1ccc(F)cc1)c1ccc(Cl)c(Cl)c1Cl. The van der Waals surface area contributed by atoms with Crippen LogP contribution in [0.15, 0.2) is 41.5 Å². The molecule has 126 valence electrons. The molecule has 8 heteroatoms. The number of nitrogens with zero attached hydrogens (tertiary/aromatic N) is 1. The van der Waals surface area contributed by atoms with Gasteiger partial charge in [0.2, 0.25) is 0 Å². The number of hydrogen-bond donors (Lipinski definition) is 1. The number of carbonyl (C=O) groups excluding carboxylic acids is 1. The fraction of sp³-hybridized carbons (Fsp3) is 0.125. The molecule has 0 spiro atoms. The molecule has 0 unspecified atom stereocenters. The van der Waals surface area contributed by atoms with Gasteiger partial charge in [-0.05, 0) is 37.3 Å². The van der Waals surface area contributed by atoms with Gasteiger partial charge in [0.1, 0.15) is 11.6 Å². The summed E-state index contributed by atoms with van der Waals surface area (Å²) in [7, 11) is 0. The van der Waals surface area contributed by atoms with Gasteiger partial charge in [-0.25, -0.2) is 9.82 Å².